The normalized spacial score (nSPS) is 10.8. The molecule has 0 bridgehead atoms. The summed E-state index contributed by atoms with van der Waals surface area (Å²) in [5, 5.41) is 14.8. The zero-order valence-corrected chi connectivity index (χ0v) is 23.5. The first-order chi connectivity index (χ1) is 19.4. The summed E-state index contributed by atoms with van der Waals surface area (Å²) in [6.45, 7) is 0. The Morgan fingerprint density at radius 1 is 0.575 bits per heavy atom. The fourth-order valence-electron chi connectivity index (χ4n) is 4.89. The summed E-state index contributed by atoms with van der Waals surface area (Å²) in [4.78, 5) is 8.53. The van der Waals surface area contributed by atoms with E-state index in [1.165, 1.54) is 10.8 Å². The van der Waals surface area contributed by atoms with Gasteiger partial charge in [-0.3, -0.25) is 4.98 Å². The van der Waals surface area contributed by atoms with Crippen LogP contribution in [0.25, 0.3) is 66.1 Å². The third-order valence-corrected chi connectivity index (χ3v) is 6.66. The number of hydrogen-bond acceptors (Lipinski definition) is 5. The summed E-state index contributed by atoms with van der Waals surface area (Å²) in [7, 11) is 0. The third kappa shape index (κ3) is 4.64. The molecule has 8 aromatic rings. The molecule has 0 aliphatic heterocycles. The van der Waals surface area contributed by atoms with Gasteiger partial charge in [0.25, 0.3) is 0 Å². The van der Waals surface area contributed by atoms with Gasteiger partial charge in [-0.25, -0.2) is 0 Å². The van der Waals surface area contributed by atoms with E-state index < -0.39 is 0 Å². The van der Waals surface area contributed by atoms with Gasteiger partial charge >= 0.3 is 0 Å². The van der Waals surface area contributed by atoms with Crippen LogP contribution in [0.3, 0.4) is 0 Å². The second-order valence-corrected chi connectivity index (χ2v) is 8.98. The Morgan fingerprint density at radius 3 is 2.23 bits per heavy atom. The van der Waals surface area contributed by atoms with Crippen molar-refractivity contribution in [1.82, 2.24) is 20.2 Å². The number of benzene rings is 5. The van der Waals surface area contributed by atoms with E-state index in [9.17, 15) is 0 Å². The molecule has 0 unspecified atom stereocenters. The van der Waals surface area contributed by atoms with Crippen LogP contribution in [0.5, 0.6) is 0 Å². The van der Waals surface area contributed by atoms with Crippen molar-refractivity contribution in [3.05, 3.63) is 134 Å². The Kier molecular flexibility index (Phi) is 7.11. The number of hydrogen-bond donors (Lipinski definition) is 0. The Labute approximate surface area is 243 Å². The van der Waals surface area contributed by atoms with Gasteiger partial charge in [-0.05, 0) is 27.9 Å². The van der Waals surface area contributed by atoms with Gasteiger partial charge in [0.15, 0.2) is 0 Å². The SMILES string of the molecule is [Ir].[c-]1ccc2c(oc3c2ccc2ccc4ccccc4c23)c1-c1nccnn1.[c-]1ccccc1-c1ccccn1. The van der Waals surface area contributed by atoms with E-state index in [0.29, 0.717) is 5.82 Å². The Hall–Kier alpha value is -4.77. The molecule has 8 rings (SSSR count). The first-order valence-electron chi connectivity index (χ1n) is 12.6. The molecule has 5 aromatic carbocycles. The van der Waals surface area contributed by atoms with Gasteiger partial charge in [0.05, 0.1) is 11.8 Å². The van der Waals surface area contributed by atoms with E-state index in [-0.39, 0.29) is 20.1 Å². The molecule has 0 spiro atoms. The largest absolute Gasteiger partial charge is 0.500 e. The predicted octanol–water partition coefficient (Wildman–Crippen LogP) is 8.09. The number of furan rings is 1. The fraction of sp³-hybridized carbons (Fsp3) is 0. The minimum Gasteiger partial charge on any atom is -0.500 e. The van der Waals surface area contributed by atoms with E-state index in [2.05, 4.69) is 80.8 Å². The van der Waals surface area contributed by atoms with Crippen LogP contribution in [0.1, 0.15) is 0 Å². The van der Waals surface area contributed by atoms with Crippen molar-refractivity contribution in [3.63, 3.8) is 0 Å². The third-order valence-electron chi connectivity index (χ3n) is 6.66. The van der Waals surface area contributed by atoms with Gasteiger partial charge in [0, 0.05) is 43.3 Å². The average molecular weight is 693 g/mol. The van der Waals surface area contributed by atoms with Crippen molar-refractivity contribution >= 4 is 43.5 Å². The Bertz CT molecular complexity index is 2020. The Morgan fingerprint density at radius 2 is 1.40 bits per heavy atom. The van der Waals surface area contributed by atoms with Crippen LogP contribution in [-0.2, 0) is 20.1 Å². The molecule has 0 aliphatic carbocycles. The summed E-state index contributed by atoms with van der Waals surface area (Å²) in [6.07, 6.45) is 4.97. The number of pyridine rings is 1. The standard InChI is InChI=1S/C23H12N3O.C11H8N.Ir/c1-2-5-16-14(4-1)8-9-15-10-11-18-17-6-3-7-19(23-24-12-13-25-26-23)21(17)27-22(18)20(15)16;1-2-6-10(7-3-1)11-8-4-5-9-12-11;/h1-6,8-13H;1-6,8-9H;/q2*-1;. The quantitative estimate of drug-likeness (QED) is 0.135. The monoisotopic (exact) mass is 693 g/mol. The van der Waals surface area contributed by atoms with Gasteiger partial charge in [0.2, 0.25) is 0 Å². The number of aromatic nitrogens is 4. The second kappa shape index (κ2) is 11.1. The number of nitrogens with zero attached hydrogens (tertiary/aromatic N) is 4. The molecule has 0 saturated carbocycles. The van der Waals surface area contributed by atoms with Crippen molar-refractivity contribution in [3.8, 4) is 22.6 Å². The summed E-state index contributed by atoms with van der Waals surface area (Å²) in [6, 6.07) is 40.9. The van der Waals surface area contributed by atoms with E-state index in [1.54, 1.807) is 18.6 Å². The minimum atomic E-state index is 0. The smallest absolute Gasteiger partial charge is 0.129 e. The topological polar surface area (TPSA) is 64.7 Å². The van der Waals surface area contributed by atoms with E-state index in [1.807, 2.05) is 54.6 Å². The van der Waals surface area contributed by atoms with Gasteiger partial charge < -0.3 is 9.40 Å². The van der Waals surface area contributed by atoms with Gasteiger partial charge in [-0.2, -0.15) is 10.2 Å². The molecule has 3 heterocycles. The molecule has 193 valence electrons. The molecule has 0 fully saturated rings. The first kappa shape index (κ1) is 25.5. The number of fused-ring (bicyclic) bond motifs is 7. The molecule has 3 aromatic heterocycles. The maximum atomic E-state index is 6.42. The van der Waals surface area contributed by atoms with Gasteiger partial charge in [-0.1, -0.05) is 71.6 Å². The van der Waals surface area contributed by atoms with Crippen molar-refractivity contribution in [1.29, 1.82) is 0 Å². The maximum Gasteiger partial charge on any atom is 0.129 e. The zero-order chi connectivity index (χ0) is 26.0. The van der Waals surface area contributed by atoms with E-state index in [0.717, 1.165) is 49.5 Å². The van der Waals surface area contributed by atoms with Crippen LogP contribution in [0.2, 0.25) is 0 Å². The maximum absolute atomic E-state index is 6.42. The summed E-state index contributed by atoms with van der Waals surface area (Å²) < 4.78 is 6.42. The predicted molar refractivity (Wildman–Crippen MR) is 155 cm³/mol. The van der Waals surface area contributed by atoms with Crippen molar-refractivity contribution in [2.45, 2.75) is 0 Å². The second-order valence-electron chi connectivity index (χ2n) is 8.98. The molecule has 0 saturated heterocycles. The summed E-state index contributed by atoms with van der Waals surface area (Å²) in [5.74, 6) is 0.510. The average Bonchev–Trinajstić information content (AvgIpc) is 3.42. The van der Waals surface area contributed by atoms with Crippen LogP contribution < -0.4 is 0 Å². The molecular weight excluding hydrogens is 673 g/mol. The van der Waals surface area contributed by atoms with E-state index in [4.69, 9.17) is 4.42 Å². The van der Waals surface area contributed by atoms with Crippen LogP contribution in [-0.4, -0.2) is 20.2 Å². The van der Waals surface area contributed by atoms with Crippen molar-refractivity contribution in [2.24, 2.45) is 0 Å². The van der Waals surface area contributed by atoms with Crippen LogP contribution in [0, 0.1) is 12.1 Å². The zero-order valence-electron chi connectivity index (χ0n) is 21.1. The molecule has 0 amide bonds. The van der Waals surface area contributed by atoms with Crippen LogP contribution >= 0.6 is 0 Å². The van der Waals surface area contributed by atoms with Crippen molar-refractivity contribution < 1.29 is 24.5 Å². The molecule has 5 nitrogen and oxygen atoms in total. The number of rotatable bonds is 2. The summed E-state index contributed by atoms with van der Waals surface area (Å²) in [5.41, 5.74) is 4.35. The van der Waals surface area contributed by atoms with Gasteiger partial charge in [0.1, 0.15) is 11.4 Å². The van der Waals surface area contributed by atoms with Crippen LogP contribution in [0.4, 0.5) is 0 Å². The first-order valence-corrected chi connectivity index (χ1v) is 12.6. The molecule has 1 radical (unpaired) electrons. The molecule has 0 N–H and O–H groups in total. The summed E-state index contributed by atoms with van der Waals surface area (Å²) >= 11 is 0. The van der Waals surface area contributed by atoms with Crippen LogP contribution in [0.15, 0.2) is 126 Å². The fourth-order valence-corrected chi connectivity index (χ4v) is 4.89. The van der Waals surface area contributed by atoms with Gasteiger partial charge in [-0.15, -0.1) is 54.1 Å². The molecule has 0 aliphatic rings. The molecule has 0 atom stereocenters. The molecule has 6 heteroatoms. The van der Waals surface area contributed by atoms with E-state index >= 15 is 0 Å². The Balaban J connectivity index is 0.000000188. The van der Waals surface area contributed by atoms with Crippen molar-refractivity contribution in [2.75, 3.05) is 0 Å². The molecule has 40 heavy (non-hydrogen) atoms. The molecular formula is C34H20IrN4O-2. The minimum absolute atomic E-state index is 0.